The molecule has 0 radical (unpaired) electrons. The van der Waals surface area contributed by atoms with Crippen molar-refractivity contribution in [1.29, 1.82) is 0 Å². The third kappa shape index (κ3) is 4.36. The summed E-state index contributed by atoms with van der Waals surface area (Å²) in [4.78, 5) is 30.5. The molecule has 1 saturated heterocycles. The van der Waals surface area contributed by atoms with E-state index in [4.69, 9.17) is 20.9 Å². The minimum absolute atomic E-state index is 0.0543. The van der Waals surface area contributed by atoms with Crippen LogP contribution < -0.4 is 0 Å². The number of nitrogens with zero attached hydrogens (tertiary/aromatic N) is 3. The largest absolute Gasteiger partial charge is 0.455 e. The fourth-order valence-electron chi connectivity index (χ4n) is 2.78. The summed E-state index contributed by atoms with van der Waals surface area (Å²) in [6.45, 7) is 2.59. The van der Waals surface area contributed by atoms with Gasteiger partial charge in [-0.2, -0.15) is 4.98 Å². The van der Waals surface area contributed by atoms with E-state index in [-0.39, 0.29) is 30.3 Å². The van der Waals surface area contributed by atoms with E-state index >= 15 is 0 Å². The van der Waals surface area contributed by atoms with Crippen molar-refractivity contribution in [3.63, 3.8) is 0 Å². The predicted molar refractivity (Wildman–Crippen MR) is 88.9 cm³/mol. The minimum Gasteiger partial charge on any atom is -0.455 e. The van der Waals surface area contributed by atoms with Crippen molar-refractivity contribution >= 4 is 23.5 Å². The molecular weight excluding hydrogens is 346 g/mol. The van der Waals surface area contributed by atoms with Gasteiger partial charge in [0.15, 0.2) is 12.4 Å². The molecule has 1 unspecified atom stereocenters. The summed E-state index contributed by atoms with van der Waals surface area (Å²) in [5.41, 5.74) is 0.555. The van der Waals surface area contributed by atoms with Gasteiger partial charge in [-0.1, -0.05) is 16.8 Å². The lowest BCUT2D eigenvalue weighted by Crippen LogP contribution is -2.42. The van der Waals surface area contributed by atoms with Crippen LogP contribution in [0.15, 0.2) is 28.8 Å². The molecule has 25 heavy (non-hydrogen) atoms. The van der Waals surface area contributed by atoms with Crippen LogP contribution in [0.25, 0.3) is 0 Å². The molecule has 8 heteroatoms. The lowest BCUT2D eigenvalue weighted by atomic mass is 9.97. The molecule has 1 aliphatic heterocycles. The normalized spacial score (nSPS) is 17.4. The van der Waals surface area contributed by atoms with Gasteiger partial charge in [-0.15, -0.1) is 0 Å². The van der Waals surface area contributed by atoms with Crippen molar-refractivity contribution in [2.45, 2.75) is 26.4 Å². The van der Waals surface area contributed by atoms with Gasteiger partial charge in [0.05, 0.1) is 5.92 Å². The summed E-state index contributed by atoms with van der Waals surface area (Å²) in [6, 6.07) is 6.72. The van der Waals surface area contributed by atoms with Crippen LogP contribution >= 0.6 is 11.6 Å². The van der Waals surface area contributed by atoms with Gasteiger partial charge in [0.2, 0.25) is 0 Å². The van der Waals surface area contributed by atoms with Crippen LogP contribution in [-0.4, -0.2) is 40.0 Å². The highest BCUT2D eigenvalue weighted by molar-refractivity contribution is 6.30. The number of ether oxygens (including phenoxy) is 1. The second kappa shape index (κ2) is 7.65. The van der Waals surface area contributed by atoms with Crippen molar-refractivity contribution in [2.24, 2.45) is 5.92 Å². The first-order chi connectivity index (χ1) is 12.0. The molecule has 1 aliphatic rings. The molecule has 1 fully saturated rings. The Labute approximate surface area is 149 Å². The molecule has 0 aliphatic carbocycles. The second-order valence-corrected chi connectivity index (χ2v) is 6.38. The highest BCUT2D eigenvalue weighted by atomic mass is 35.5. The maximum absolute atomic E-state index is 12.6. The molecule has 0 bridgehead atoms. The Hall–Kier alpha value is -2.41. The number of aromatic nitrogens is 2. The standard InChI is InChI=1S/C17H18ClN3O4/c1-11-19-15(25-20-11)10-24-17(23)13-3-2-8-21(9-13)16(22)12-4-6-14(18)7-5-12/h4-7,13H,2-3,8-10H2,1H3. The number of likely N-dealkylation sites (tertiary alicyclic amines) is 1. The van der Waals surface area contributed by atoms with E-state index in [1.807, 2.05) is 0 Å². The number of carbonyl (C=O) groups is 2. The Morgan fingerprint density at radius 2 is 2.12 bits per heavy atom. The first-order valence-corrected chi connectivity index (χ1v) is 8.41. The maximum Gasteiger partial charge on any atom is 0.311 e. The zero-order valence-electron chi connectivity index (χ0n) is 13.8. The van der Waals surface area contributed by atoms with Crippen LogP contribution in [0.5, 0.6) is 0 Å². The van der Waals surface area contributed by atoms with Crippen molar-refractivity contribution in [2.75, 3.05) is 13.1 Å². The third-order valence-electron chi connectivity index (χ3n) is 4.04. The minimum atomic E-state index is -0.357. The Kier molecular flexibility index (Phi) is 5.33. The second-order valence-electron chi connectivity index (χ2n) is 5.94. The van der Waals surface area contributed by atoms with Gasteiger partial charge in [-0.25, -0.2) is 0 Å². The number of esters is 1. The molecule has 7 nitrogen and oxygen atoms in total. The highest BCUT2D eigenvalue weighted by Crippen LogP contribution is 2.21. The molecule has 0 spiro atoms. The number of halogens is 1. The summed E-state index contributed by atoms with van der Waals surface area (Å²) in [5.74, 6) is -0.0700. The molecule has 2 heterocycles. The summed E-state index contributed by atoms with van der Waals surface area (Å²) < 4.78 is 10.2. The van der Waals surface area contributed by atoms with Crippen LogP contribution in [-0.2, 0) is 16.1 Å². The lowest BCUT2D eigenvalue weighted by Gasteiger charge is -2.31. The summed E-state index contributed by atoms with van der Waals surface area (Å²) in [7, 11) is 0. The van der Waals surface area contributed by atoms with Crippen LogP contribution in [0.3, 0.4) is 0 Å². The number of hydrogen-bond donors (Lipinski definition) is 0. The highest BCUT2D eigenvalue weighted by Gasteiger charge is 2.30. The van der Waals surface area contributed by atoms with Crippen LogP contribution in [0.2, 0.25) is 5.02 Å². The lowest BCUT2D eigenvalue weighted by molar-refractivity contribution is -0.152. The zero-order chi connectivity index (χ0) is 17.8. The summed E-state index contributed by atoms with van der Waals surface area (Å²) in [6.07, 6.45) is 1.44. The van der Waals surface area contributed by atoms with Gasteiger partial charge in [0, 0.05) is 23.7 Å². The van der Waals surface area contributed by atoms with E-state index in [9.17, 15) is 9.59 Å². The number of benzene rings is 1. The Morgan fingerprint density at radius 1 is 1.36 bits per heavy atom. The van der Waals surface area contributed by atoms with Crippen LogP contribution in [0.1, 0.15) is 34.9 Å². The molecule has 3 rings (SSSR count). The van der Waals surface area contributed by atoms with Crippen molar-refractivity contribution < 1.29 is 18.8 Å². The Bertz CT molecular complexity index is 760. The molecule has 1 aromatic carbocycles. The first kappa shape index (κ1) is 17.4. The number of amides is 1. The molecule has 1 amide bonds. The number of hydrogen-bond acceptors (Lipinski definition) is 6. The predicted octanol–water partition coefficient (Wildman–Crippen LogP) is 2.63. The van der Waals surface area contributed by atoms with Crippen molar-refractivity contribution in [3.8, 4) is 0 Å². The quantitative estimate of drug-likeness (QED) is 0.776. The first-order valence-electron chi connectivity index (χ1n) is 8.03. The number of piperidine rings is 1. The maximum atomic E-state index is 12.6. The van der Waals surface area contributed by atoms with Crippen LogP contribution in [0.4, 0.5) is 0 Å². The average Bonchev–Trinajstić information content (AvgIpc) is 3.05. The van der Waals surface area contributed by atoms with E-state index in [1.165, 1.54) is 0 Å². The molecule has 0 N–H and O–H groups in total. The van der Waals surface area contributed by atoms with Gasteiger partial charge in [0.25, 0.3) is 11.8 Å². The molecule has 1 atom stereocenters. The SMILES string of the molecule is Cc1noc(COC(=O)C2CCCN(C(=O)c3ccc(Cl)cc3)C2)n1. The molecule has 1 aromatic heterocycles. The van der Waals surface area contributed by atoms with E-state index in [0.717, 1.165) is 6.42 Å². The van der Waals surface area contributed by atoms with Crippen molar-refractivity contribution in [3.05, 3.63) is 46.6 Å². The Morgan fingerprint density at radius 3 is 2.80 bits per heavy atom. The molecule has 0 saturated carbocycles. The summed E-state index contributed by atoms with van der Waals surface area (Å²) >= 11 is 5.85. The van der Waals surface area contributed by atoms with E-state index in [0.29, 0.717) is 35.9 Å². The van der Waals surface area contributed by atoms with Gasteiger partial charge < -0.3 is 14.2 Å². The number of rotatable bonds is 4. The van der Waals surface area contributed by atoms with Gasteiger partial charge >= 0.3 is 5.97 Å². The van der Waals surface area contributed by atoms with Gasteiger partial charge in [-0.3, -0.25) is 9.59 Å². The van der Waals surface area contributed by atoms with Gasteiger partial charge in [-0.05, 0) is 44.0 Å². The molecule has 2 aromatic rings. The van der Waals surface area contributed by atoms with Crippen LogP contribution in [0, 0.1) is 12.8 Å². The van der Waals surface area contributed by atoms with Crippen molar-refractivity contribution in [1.82, 2.24) is 15.0 Å². The fourth-order valence-corrected chi connectivity index (χ4v) is 2.90. The monoisotopic (exact) mass is 363 g/mol. The molecular formula is C17H18ClN3O4. The van der Waals surface area contributed by atoms with Gasteiger partial charge in [0.1, 0.15) is 0 Å². The third-order valence-corrected chi connectivity index (χ3v) is 4.29. The Balaban J connectivity index is 1.57. The summed E-state index contributed by atoms with van der Waals surface area (Å²) in [5, 5.41) is 4.22. The average molecular weight is 364 g/mol. The van der Waals surface area contributed by atoms with E-state index < -0.39 is 0 Å². The topological polar surface area (TPSA) is 85.5 Å². The fraction of sp³-hybridized carbons (Fsp3) is 0.412. The number of aryl methyl sites for hydroxylation is 1. The van der Waals surface area contributed by atoms with E-state index in [2.05, 4.69) is 10.1 Å². The number of carbonyl (C=O) groups excluding carboxylic acids is 2. The molecule has 132 valence electrons. The zero-order valence-corrected chi connectivity index (χ0v) is 14.5. The smallest absolute Gasteiger partial charge is 0.311 e. The van der Waals surface area contributed by atoms with E-state index in [1.54, 1.807) is 36.1 Å².